The molecule has 0 bridgehead atoms. The van der Waals surface area contributed by atoms with Crippen molar-refractivity contribution in [1.82, 2.24) is 16.1 Å². The van der Waals surface area contributed by atoms with Crippen molar-refractivity contribution in [1.29, 1.82) is 0 Å². The van der Waals surface area contributed by atoms with Gasteiger partial charge in [0.1, 0.15) is 24.0 Å². The molecule has 9 heteroatoms. The van der Waals surface area contributed by atoms with Crippen LogP contribution < -0.4 is 20.9 Å². The minimum atomic E-state index is -0.973. The Morgan fingerprint density at radius 2 is 1.83 bits per heavy atom. The molecule has 4 N–H and O–H groups in total. The van der Waals surface area contributed by atoms with Crippen molar-refractivity contribution in [2.24, 2.45) is 0 Å². The Labute approximate surface area is 176 Å². The minimum Gasteiger partial charge on any atom is -0.481 e. The molecule has 0 spiro atoms. The highest BCUT2D eigenvalue weighted by Gasteiger charge is 2.21. The number of alkyl carbamates (subject to hydrolysis) is 1. The normalized spacial score (nSPS) is 11.4. The summed E-state index contributed by atoms with van der Waals surface area (Å²) < 4.78 is 10.5. The quantitative estimate of drug-likeness (QED) is 0.210. The Kier molecular flexibility index (Phi) is 10.2. The largest absolute Gasteiger partial charge is 0.481 e. The number of hydrogen-bond donors (Lipinski definition) is 4. The van der Waals surface area contributed by atoms with Crippen LogP contribution >= 0.6 is 0 Å². The van der Waals surface area contributed by atoms with Gasteiger partial charge in [-0.25, -0.2) is 10.3 Å². The maximum absolute atomic E-state index is 12.4. The van der Waals surface area contributed by atoms with E-state index in [9.17, 15) is 14.4 Å². The molecule has 1 rings (SSSR count). The van der Waals surface area contributed by atoms with Crippen molar-refractivity contribution in [3.8, 4) is 17.6 Å². The van der Waals surface area contributed by atoms with Gasteiger partial charge in [-0.05, 0) is 64.8 Å². The summed E-state index contributed by atoms with van der Waals surface area (Å²) in [7, 11) is 0. The third-order valence-corrected chi connectivity index (χ3v) is 3.67. The van der Waals surface area contributed by atoms with Crippen molar-refractivity contribution in [2.75, 3.05) is 13.2 Å². The van der Waals surface area contributed by atoms with Crippen LogP contribution in [0.15, 0.2) is 24.3 Å². The zero-order valence-electron chi connectivity index (χ0n) is 17.7. The van der Waals surface area contributed by atoms with Gasteiger partial charge in [0.25, 0.3) is 11.8 Å². The van der Waals surface area contributed by atoms with E-state index in [0.717, 1.165) is 0 Å². The number of carbonyl (C=O) groups is 3. The second kappa shape index (κ2) is 12.3. The zero-order chi connectivity index (χ0) is 22.6. The second-order valence-electron chi connectivity index (χ2n) is 7.31. The molecule has 1 aromatic rings. The standard InChI is InChI=1S/C21H29N3O6/c1-5-6-14-29-16-11-9-15(10-12-16)18(25)23-17(19(26)24-28)8-7-13-22-20(27)30-21(2,3)4/h9-12,17,28H,7-8,13-14H2,1-4H3,(H,22,27)(H,23,25)(H,24,26)/t17-/m0/s1. The summed E-state index contributed by atoms with van der Waals surface area (Å²) in [6, 6.07) is 5.39. The summed E-state index contributed by atoms with van der Waals surface area (Å²) >= 11 is 0. The van der Waals surface area contributed by atoms with Gasteiger partial charge in [-0.2, -0.15) is 0 Å². The number of amides is 3. The molecule has 3 amide bonds. The molecule has 0 aliphatic carbocycles. The number of rotatable bonds is 9. The first kappa shape index (κ1) is 24.8. The molecule has 30 heavy (non-hydrogen) atoms. The smallest absolute Gasteiger partial charge is 0.407 e. The lowest BCUT2D eigenvalue weighted by Crippen LogP contribution is -2.46. The molecule has 0 radical (unpaired) electrons. The van der Waals surface area contributed by atoms with Crippen LogP contribution in [0.1, 0.15) is 50.9 Å². The van der Waals surface area contributed by atoms with Crippen LogP contribution in [0.5, 0.6) is 5.75 Å². The molecule has 0 aromatic heterocycles. The Balaban J connectivity index is 2.56. The third kappa shape index (κ3) is 9.80. The monoisotopic (exact) mass is 419 g/mol. The molecule has 0 fully saturated rings. The van der Waals surface area contributed by atoms with Crippen LogP contribution in [-0.2, 0) is 9.53 Å². The second-order valence-corrected chi connectivity index (χ2v) is 7.31. The third-order valence-electron chi connectivity index (χ3n) is 3.67. The lowest BCUT2D eigenvalue weighted by atomic mass is 10.1. The van der Waals surface area contributed by atoms with Gasteiger partial charge in [0, 0.05) is 12.1 Å². The first-order valence-electron chi connectivity index (χ1n) is 9.50. The highest BCUT2D eigenvalue weighted by molar-refractivity contribution is 5.97. The molecule has 0 heterocycles. The van der Waals surface area contributed by atoms with Crippen LogP contribution in [-0.4, -0.2) is 47.9 Å². The van der Waals surface area contributed by atoms with E-state index in [1.54, 1.807) is 57.4 Å². The van der Waals surface area contributed by atoms with Crippen LogP contribution in [0.2, 0.25) is 0 Å². The Morgan fingerprint density at radius 3 is 2.40 bits per heavy atom. The maximum Gasteiger partial charge on any atom is 0.407 e. The summed E-state index contributed by atoms with van der Waals surface area (Å²) in [4.78, 5) is 35.9. The number of hydrogen-bond acceptors (Lipinski definition) is 6. The van der Waals surface area contributed by atoms with Crippen molar-refractivity contribution in [3.05, 3.63) is 29.8 Å². The van der Waals surface area contributed by atoms with E-state index < -0.39 is 29.6 Å². The van der Waals surface area contributed by atoms with Gasteiger partial charge in [0.2, 0.25) is 0 Å². The van der Waals surface area contributed by atoms with Gasteiger partial charge in [0.05, 0.1) is 0 Å². The molecule has 1 aromatic carbocycles. The fraction of sp³-hybridized carbons (Fsp3) is 0.476. The fourth-order valence-electron chi connectivity index (χ4n) is 2.29. The van der Waals surface area contributed by atoms with Crippen LogP contribution in [0.3, 0.4) is 0 Å². The van der Waals surface area contributed by atoms with E-state index in [4.69, 9.17) is 14.7 Å². The number of hydroxylamine groups is 1. The van der Waals surface area contributed by atoms with E-state index >= 15 is 0 Å². The van der Waals surface area contributed by atoms with Crippen LogP contribution in [0.4, 0.5) is 4.79 Å². The van der Waals surface area contributed by atoms with E-state index in [1.165, 1.54) is 0 Å². The molecule has 9 nitrogen and oxygen atoms in total. The fourth-order valence-corrected chi connectivity index (χ4v) is 2.29. The van der Waals surface area contributed by atoms with Gasteiger partial charge in [0.15, 0.2) is 0 Å². The minimum absolute atomic E-state index is 0.199. The predicted octanol–water partition coefficient (Wildman–Crippen LogP) is 2.00. The molecule has 0 aliphatic heterocycles. The van der Waals surface area contributed by atoms with E-state index in [2.05, 4.69) is 22.5 Å². The summed E-state index contributed by atoms with van der Waals surface area (Å²) in [6.45, 7) is 7.46. The van der Waals surface area contributed by atoms with Crippen molar-refractivity contribution >= 4 is 17.9 Å². The molecule has 0 unspecified atom stereocenters. The van der Waals surface area contributed by atoms with Crippen LogP contribution in [0.25, 0.3) is 0 Å². The highest BCUT2D eigenvalue weighted by atomic mass is 16.6. The molecule has 164 valence electrons. The lowest BCUT2D eigenvalue weighted by Gasteiger charge is -2.20. The molecule has 1 atom stereocenters. The maximum atomic E-state index is 12.4. The van der Waals surface area contributed by atoms with Crippen molar-refractivity contribution < 1.29 is 29.1 Å². The Morgan fingerprint density at radius 1 is 1.17 bits per heavy atom. The van der Waals surface area contributed by atoms with Gasteiger partial charge < -0.3 is 20.1 Å². The van der Waals surface area contributed by atoms with E-state index in [1.807, 2.05) is 0 Å². The van der Waals surface area contributed by atoms with Gasteiger partial charge in [-0.3, -0.25) is 14.8 Å². The van der Waals surface area contributed by atoms with E-state index in [0.29, 0.717) is 17.7 Å². The van der Waals surface area contributed by atoms with Gasteiger partial charge >= 0.3 is 6.09 Å². The summed E-state index contributed by atoms with van der Waals surface area (Å²) in [6.07, 6.45) is 0.00938. The van der Waals surface area contributed by atoms with Gasteiger partial charge in [-0.15, -0.1) is 5.92 Å². The Bertz CT molecular complexity index is 775. The van der Waals surface area contributed by atoms with Crippen molar-refractivity contribution in [2.45, 2.75) is 52.2 Å². The first-order valence-corrected chi connectivity index (χ1v) is 9.50. The van der Waals surface area contributed by atoms with Gasteiger partial charge in [-0.1, -0.05) is 5.92 Å². The number of ether oxygens (including phenoxy) is 2. The number of carbonyl (C=O) groups excluding carboxylic acids is 3. The predicted molar refractivity (Wildman–Crippen MR) is 110 cm³/mol. The topological polar surface area (TPSA) is 126 Å². The SMILES string of the molecule is CC#CCOc1ccc(C(=O)N[C@@H](CCCNC(=O)OC(C)(C)C)C(=O)NO)cc1. The number of nitrogens with one attached hydrogen (secondary N) is 3. The number of benzene rings is 1. The Hall–Kier alpha value is -3.25. The molecule has 0 saturated heterocycles. The van der Waals surface area contributed by atoms with E-state index in [-0.39, 0.29) is 19.6 Å². The first-order chi connectivity index (χ1) is 14.2. The average Bonchev–Trinajstić information content (AvgIpc) is 2.69. The van der Waals surface area contributed by atoms with Crippen molar-refractivity contribution in [3.63, 3.8) is 0 Å². The molecular formula is C21H29N3O6. The molecule has 0 aliphatic rings. The lowest BCUT2D eigenvalue weighted by molar-refractivity contribution is -0.131. The summed E-state index contributed by atoms with van der Waals surface area (Å²) in [5.41, 5.74) is 1.26. The average molecular weight is 419 g/mol. The summed E-state index contributed by atoms with van der Waals surface area (Å²) in [5, 5.41) is 14.1. The summed E-state index contributed by atoms with van der Waals surface area (Å²) in [5.74, 6) is 4.81. The molecule has 0 saturated carbocycles. The highest BCUT2D eigenvalue weighted by Crippen LogP contribution is 2.12. The molecular weight excluding hydrogens is 390 g/mol. The zero-order valence-corrected chi connectivity index (χ0v) is 17.7. The van der Waals surface area contributed by atoms with Crippen LogP contribution in [0, 0.1) is 11.8 Å².